The van der Waals surface area contributed by atoms with Gasteiger partial charge in [0, 0.05) is 17.7 Å². The summed E-state index contributed by atoms with van der Waals surface area (Å²) in [5.74, 6) is -1.69. The molecule has 0 aromatic heterocycles. The fourth-order valence-electron chi connectivity index (χ4n) is 2.49. The number of nitrogens with zero attached hydrogens (tertiary/aromatic N) is 1. The van der Waals surface area contributed by atoms with Gasteiger partial charge in [0.15, 0.2) is 5.78 Å². The molecule has 0 aliphatic carbocycles. The molecule has 0 aliphatic heterocycles. The molecule has 0 unspecified atom stereocenters. The van der Waals surface area contributed by atoms with Crippen molar-refractivity contribution in [2.45, 2.75) is 0 Å². The summed E-state index contributed by atoms with van der Waals surface area (Å²) in [7, 11) is 0. The van der Waals surface area contributed by atoms with Gasteiger partial charge in [-0.3, -0.25) is 14.9 Å². The Kier molecular flexibility index (Phi) is 5.89. The maximum Gasteiger partial charge on any atom is 0.346 e. The van der Waals surface area contributed by atoms with Gasteiger partial charge < -0.3 is 4.74 Å². The van der Waals surface area contributed by atoms with E-state index >= 15 is 0 Å². The molecule has 0 amide bonds. The van der Waals surface area contributed by atoms with Crippen LogP contribution in [0, 0.1) is 15.9 Å². The van der Waals surface area contributed by atoms with E-state index in [1.54, 1.807) is 6.07 Å². The maximum atomic E-state index is 13.6. The molecule has 29 heavy (non-hydrogen) atoms. The number of carbonyl (C=O) groups is 2. The summed E-state index contributed by atoms with van der Waals surface area (Å²) in [6.07, 6.45) is 2.76. The number of ether oxygens (including phenoxy) is 1. The first-order chi connectivity index (χ1) is 13.9. The van der Waals surface area contributed by atoms with E-state index in [1.807, 2.05) is 0 Å². The van der Waals surface area contributed by atoms with Crippen molar-refractivity contribution in [3.63, 3.8) is 0 Å². The van der Waals surface area contributed by atoms with Crippen LogP contribution in [-0.2, 0) is 0 Å². The number of benzene rings is 3. The van der Waals surface area contributed by atoms with Gasteiger partial charge in [-0.15, -0.1) is 0 Å². The van der Waals surface area contributed by atoms with Gasteiger partial charge in [-0.25, -0.2) is 9.18 Å². The van der Waals surface area contributed by atoms with Crippen molar-refractivity contribution in [3.05, 3.63) is 111 Å². The number of halogens is 1. The molecule has 0 atom stereocenters. The normalized spacial score (nSPS) is 10.7. The minimum atomic E-state index is -0.840. The van der Waals surface area contributed by atoms with Crippen LogP contribution < -0.4 is 4.74 Å². The number of non-ortho nitro benzene ring substituents is 1. The van der Waals surface area contributed by atoms with Crippen molar-refractivity contribution >= 4 is 23.5 Å². The first-order valence-corrected chi connectivity index (χ1v) is 8.48. The van der Waals surface area contributed by atoms with Crippen LogP contribution in [0.3, 0.4) is 0 Å². The summed E-state index contributed by atoms with van der Waals surface area (Å²) in [6.45, 7) is 0. The molecule has 0 bridgehead atoms. The minimum absolute atomic E-state index is 0.0689. The Morgan fingerprint density at radius 2 is 1.69 bits per heavy atom. The van der Waals surface area contributed by atoms with Gasteiger partial charge in [-0.2, -0.15) is 0 Å². The molecule has 0 saturated heterocycles. The monoisotopic (exact) mass is 391 g/mol. The molecular formula is C22H14FNO5. The lowest BCUT2D eigenvalue weighted by Gasteiger charge is -2.05. The molecule has 0 aliphatic rings. The Morgan fingerprint density at radius 3 is 2.38 bits per heavy atom. The molecule has 3 rings (SSSR count). The topological polar surface area (TPSA) is 86.5 Å². The van der Waals surface area contributed by atoms with Crippen LogP contribution in [0.15, 0.2) is 78.9 Å². The van der Waals surface area contributed by atoms with Crippen LogP contribution in [0.1, 0.15) is 26.3 Å². The number of rotatable bonds is 6. The van der Waals surface area contributed by atoms with Gasteiger partial charge in [0.2, 0.25) is 0 Å². The van der Waals surface area contributed by atoms with Crippen molar-refractivity contribution in [1.82, 2.24) is 0 Å². The molecule has 0 spiro atoms. The number of allylic oxidation sites excluding steroid dienone is 1. The van der Waals surface area contributed by atoms with E-state index in [2.05, 4.69) is 0 Å². The Balaban J connectivity index is 1.67. The van der Waals surface area contributed by atoms with Crippen LogP contribution in [0.4, 0.5) is 10.1 Å². The zero-order valence-electron chi connectivity index (χ0n) is 14.9. The zero-order chi connectivity index (χ0) is 20.8. The molecule has 3 aromatic rings. The Labute approximate surface area is 165 Å². The standard InChI is InChI=1S/C22H14FNO5/c23-20-7-2-1-6-19(20)22(26)29-18-11-9-16(10-12-18)21(25)13-8-15-4-3-5-17(14-15)24(27)28/h1-14H/b13-8+. The first-order valence-electron chi connectivity index (χ1n) is 8.48. The summed E-state index contributed by atoms with van der Waals surface area (Å²) in [5, 5.41) is 10.8. The van der Waals surface area contributed by atoms with Crippen molar-refractivity contribution in [3.8, 4) is 5.75 Å². The second-order valence-electron chi connectivity index (χ2n) is 5.94. The van der Waals surface area contributed by atoms with E-state index in [1.165, 1.54) is 72.8 Å². The number of nitro groups is 1. The van der Waals surface area contributed by atoms with Crippen LogP contribution in [0.25, 0.3) is 6.08 Å². The van der Waals surface area contributed by atoms with E-state index < -0.39 is 16.7 Å². The highest BCUT2D eigenvalue weighted by Gasteiger charge is 2.13. The summed E-state index contributed by atoms with van der Waals surface area (Å²) >= 11 is 0. The van der Waals surface area contributed by atoms with E-state index in [4.69, 9.17) is 4.74 Å². The predicted octanol–water partition coefficient (Wildman–Crippen LogP) is 4.85. The molecule has 0 saturated carbocycles. The maximum absolute atomic E-state index is 13.6. The van der Waals surface area contributed by atoms with Crippen molar-refractivity contribution in [2.24, 2.45) is 0 Å². The molecule has 0 radical (unpaired) electrons. The van der Waals surface area contributed by atoms with Crippen molar-refractivity contribution < 1.29 is 23.6 Å². The molecule has 7 heteroatoms. The fourth-order valence-corrected chi connectivity index (χ4v) is 2.49. The number of hydrogen-bond acceptors (Lipinski definition) is 5. The average molecular weight is 391 g/mol. The zero-order valence-corrected chi connectivity index (χ0v) is 14.9. The van der Waals surface area contributed by atoms with Gasteiger partial charge in [-0.1, -0.05) is 30.3 Å². The smallest absolute Gasteiger partial charge is 0.346 e. The lowest BCUT2D eigenvalue weighted by atomic mass is 10.1. The third-order valence-corrected chi connectivity index (χ3v) is 3.95. The number of carbonyl (C=O) groups excluding carboxylic acids is 2. The molecule has 3 aromatic carbocycles. The second kappa shape index (κ2) is 8.71. The predicted molar refractivity (Wildman–Crippen MR) is 104 cm³/mol. The number of nitro benzene ring substituents is 1. The fraction of sp³-hybridized carbons (Fsp3) is 0. The molecule has 6 nitrogen and oxygen atoms in total. The lowest BCUT2D eigenvalue weighted by molar-refractivity contribution is -0.384. The summed E-state index contributed by atoms with van der Waals surface area (Å²) < 4.78 is 18.7. The summed E-state index contributed by atoms with van der Waals surface area (Å²) in [4.78, 5) is 34.5. The van der Waals surface area contributed by atoms with E-state index in [0.717, 1.165) is 6.07 Å². The highest BCUT2D eigenvalue weighted by Crippen LogP contribution is 2.18. The van der Waals surface area contributed by atoms with Crippen molar-refractivity contribution in [1.29, 1.82) is 0 Å². The van der Waals surface area contributed by atoms with Gasteiger partial charge in [0.05, 0.1) is 10.5 Å². The molecule has 144 valence electrons. The van der Waals surface area contributed by atoms with E-state index in [9.17, 15) is 24.1 Å². The van der Waals surface area contributed by atoms with Gasteiger partial charge in [-0.05, 0) is 48.0 Å². The van der Waals surface area contributed by atoms with Gasteiger partial charge in [0.1, 0.15) is 11.6 Å². The molecule has 0 N–H and O–H groups in total. The highest BCUT2D eigenvalue weighted by molar-refractivity contribution is 6.06. The number of hydrogen-bond donors (Lipinski definition) is 0. The molecular weight excluding hydrogens is 377 g/mol. The van der Waals surface area contributed by atoms with Crippen LogP contribution in [-0.4, -0.2) is 16.7 Å². The van der Waals surface area contributed by atoms with Crippen LogP contribution >= 0.6 is 0 Å². The summed E-state index contributed by atoms with van der Waals surface area (Å²) in [6, 6.07) is 17.1. The second-order valence-corrected chi connectivity index (χ2v) is 5.94. The largest absolute Gasteiger partial charge is 0.423 e. The Morgan fingerprint density at radius 1 is 0.966 bits per heavy atom. The van der Waals surface area contributed by atoms with Gasteiger partial charge in [0.25, 0.3) is 5.69 Å². The van der Waals surface area contributed by atoms with Gasteiger partial charge >= 0.3 is 5.97 Å². The lowest BCUT2D eigenvalue weighted by Crippen LogP contribution is -2.10. The number of ketones is 1. The molecule has 0 heterocycles. The Hall–Kier alpha value is -4.13. The minimum Gasteiger partial charge on any atom is -0.423 e. The van der Waals surface area contributed by atoms with Crippen LogP contribution in [0.5, 0.6) is 5.75 Å². The third kappa shape index (κ3) is 4.98. The SMILES string of the molecule is O=C(/C=C/c1cccc([N+](=O)[O-])c1)c1ccc(OC(=O)c2ccccc2F)cc1. The van der Waals surface area contributed by atoms with Crippen LogP contribution in [0.2, 0.25) is 0 Å². The average Bonchev–Trinajstić information content (AvgIpc) is 2.73. The Bertz CT molecular complexity index is 1110. The van der Waals surface area contributed by atoms with E-state index in [-0.39, 0.29) is 22.8 Å². The highest BCUT2D eigenvalue weighted by atomic mass is 19.1. The first kappa shape index (κ1) is 19.6. The summed E-state index contributed by atoms with van der Waals surface area (Å²) in [5.41, 5.74) is 0.591. The van der Waals surface area contributed by atoms with Crippen molar-refractivity contribution in [2.75, 3.05) is 0 Å². The number of esters is 1. The molecule has 0 fully saturated rings. The quantitative estimate of drug-likeness (QED) is 0.150. The third-order valence-electron chi connectivity index (χ3n) is 3.95. The van der Waals surface area contributed by atoms with E-state index in [0.29, 0.717) is 11.1 Å².